The van der Waals surface area contributed by atoms with Gasteiger partial charge in [-0.15, -0.1) is 11.3 Å². The lowest BCUT2D eigenvalue weighted by atomic mass is 9.89. The predicted octanol–water partition coefficient (Wildman–Crippen LogP) is 2.27. The Labute approximate surface area is 124 Å². The molecule has 4 nitrogen and oxygen atoms in total. The number of amides is 1. The first-order chi connectivity index (χ1) is 9.78. The van der Waals surface area contributed by atoms with E-state index < -0.39 is 0 Å². The van der Waals surface area contributed by atoms with Crippen molar-refractivity contribution in [2.24, 2.45) is 11.8 Å². The number of aromatic nitrogens is 1. The van der Waals surface area contributed by atoms with Gasteiger partial charge in [0.25, 0.3) is 0 Å². The molecule has 2 heterocycles. The van der Waals surface area contributed by atoms with E-state index in [1.165, 1.54) is 0 Å². The van der Waals surface area contributed by atoms with Gasteiger partial charge in [-0.1, -0.05) is 13.3 Å². The van der Waals surface area contributed by atoms with E-state index in [4.69, 9.17) is 0 Å². The van der Waals surface area contributed by atoms with E-state index in [1.54, 1.807) is 11.3 Å². The molecule has 0 aromatic carbocycles. The maximum Gasteiger partial charge on any atom is 0.225 e. The van der Waals surface area contributed by atoms with Crippen LogP contribution in [-0.2, 0) is 11.3 Å². The smallest absolute Gasteiger partial charge is 0.225 e. The zero-order chi connectivity index (χ0) is 13.9. The van der Waals surface area contributed by atoms with Gasteiger partial charge in [0.1, 0.15) is 0 Å². The van der Waals surface area contributed by atoms with Crippen LogP contribution in [0.15, 0.2) is 10.9 Å². The number of piperidine rings is 1. The average molecular weight is 293 g/mol. The molecule has 2 aliphatic rings. The second-order valence-electron chi connectivity index (χ2n) is 5.98. The molecule has 1 aromatic rings. The molecule has 110 valence electrons. The Kier molecular flexibility index (Phi) is 4.36. The first-order valence-corrected chi connectivity index (χ1v) is 8.61. The summed E-state index contributed by atoms with van der Waals surface area (Å²) in [5, 5.41) is 5.73. The molecule has 2 fully saturated rings. The van der Waals surface area contributed by atoms with Crippen LogP contribution in [0.25, 0.3) is 0 Å². The van der Waals surface area contributed by atoms with Crippen molar-refractivity contribution in [3.8, 4) is 0 Å². The van der Waals surface area contributed by atoms with Gasteiger partial charge in [0, 0.05) is 37.0 Å². The first-order valence-electron chi connectivity index (χ1n) is 7.67. The standard InChI is InChI=1S/C15H23N3OS/c1-2-11-8-18(15(19)12-3-4-12)6-5-14(11)16-7-13-9-20-10-17-13/h9-12,14,16H,2-8H2,1H3. The number of hydrogen-bond donors (Lipinski definition) is 1. The zero-order valence-corrected chi connectivity index (χ0v) is 12.9. The lowest BCUT2D eigenvalue weighted by molar-refractivity contribution is -0.134. The molecular formula is C15H23N3OS. The Morgan fingerprint density at radius 2 is 2.35 bits per heavy atom. The molecule has 20 heavy (non-hydrogen) atoms. The van der Waals surface area contributed by atoms with Crippen molar-refractivity contribution >= 4 is 17.2 Å². The Morgan fingerprint density at radius 3 is 3.00 bits per heavy atom. The van der Waals surface area contributed by atoms with Crippen LogP contribution in [0, 0.1) is 11.8 Å². The summed E-state index contributed by atoms with van der Waals surface area (Å²) in [7, 11) is 0. The first kappa shape index (κ1) is 14.0. The lowest BCUT2D eigenvalue weighted by Crippen LogP contribution is -2.51. The Hall–Kier alpha value is -0.940. The number of nitrogens with zero attached hydrogens (tertiary/aromatic N) is 2. The van der Waals surface area contributed by atoms with Crippen LogP contribution in [0.1, 0.15) is 38.3 Å². The minimum absolute atomic E-state index is 0.354. The van der Waals surface area contributed by atoms with Crippen molar-refractivity contribution in [2.75, 3.05) is 13.1 Å². The molecule has 1 aromatic heterocycles. The van der Waals surface area contributed by atoms with Crippen molar-refractivity contribution < 1.29 is 4.79 Å². The molecule has 0 bridgehead atoms. The second kappa shape index (κ2) is 6.22. The van der Waals surface area contributed by atoms with E-state index in [0.717, 1.165) is 51.0 Å². The highest BCUT2D eigenvalue weighted by atomic mass is 32.1. The van der Waals surface area contributed by atoms with Crippen LogP contribution in [0.2, 0.25) is 0 Å². The third-order valence-electron chi connectivity index (χ3n) is 4.53. The number of hydrogen-bond acceptors (Lipinski definition) is 4. The highest BCUT2D eigenvalue weighted by Gasteiger charge is 2.37. The van der Waals surface area contributed by atoms with E-state index in [9.17, 15) is 4.79 Å². The van der Waals surface area contributed by atoms with Gasteiger partial charge in [-0.3, -0.25) is 4.79 Å². The van der Waals surface area contributed by atoms with Crippen LogP contribution in [0.3, 0.4) is 0 Å². The van der Waals surface area contributed by atoms with Gasteiger partial charge in [-0.25, -0.2) is 4.98 Å². The highest BCUT2D eigenvalue weighted by Crippen LogP contribution is 2.33. The van der Waals surface area contributed by atoms with Gasteiger partial charge >= 0.3 is 0 Å². The molecule has 3 rings (SSSR count). The third kappa shape index (κ3) is 3.20. The number of thiazole rings is 1. The van der Waals surface area contributed by atoms with Crippen molar-refractivity contribution in [1.29, 1.82) is 0 Å². The molecule has 1 N–H and O–H groups in total. The Balaban J connectivity index is 1.52. The Bertz CT molecular complexity index is 444. The van der Waals surface area contributed by atoms with E-state index in [0.29, 0.717) is 23.8 Å². The summed E-state index contributed by atoms with van der Waals surface area (Å²) in [4.78, 5) is 18.6. The highest BCUT2D eigenvalue weighted by molar-refractivity contribution is 7.07. The number of rotatable bonds is 5. The summed E-state index contributed by atoms with van der Waals surface area (Å²) in [6.45, 7) is 4.93. The van der Waals surface area contributed by atoms with Gasteiger partial charge < -0.3 is 10.2 Å². The second-order valence-corrected chi connectivity index (χ2v) is 6.70. The van der Waals surface area contributed by atoms with Gasteiger partial charge in [0.15, 0.2) is 0 Å². The summed E-state index contributed by atoms with van der Waals surface area (Å²) in [5.74, 6) is 1.33. The van der Waals surface area contributed by atoms with Crippen molar-refractivity contribution in [1.82, 2.24) is 15.2 Å². The monoisotopic (exact) mass is 293 g/mol. The van der Waals surface area contributed by atoms with E-state index >= 15 is 0 Å². The zero-order valence-electron chi connectivity index (χ0n) is 12.0. The average Bonchev–Trinajstić information content (AvgIpc) is 3.21. The van der Waals surface area contributed by atoms with Crippen molar-refractivity contribution in [3.05, 3.63) is 16.6 Å². The predicted molar refractivity (Wildman–Crippen MR) is 80.4 cm³/mol. The van der Waals surface area contributed by atoms with Crippen LogP contribution in [-0.4, -0.2) is 34.9 Å². The molecule has 1 aliphatic heterocycles. The van der Waals surface area contributed by atoms with Crippen molar-refractivity contribution in [3.63, 3.8) is 0 Å². The normalized spacial score (nSPS) is 26.8. The summed E-state index contributed by atoms with van der Waals surface area (Å²) in [6, 6.07) is 0.518. The lowest BCUT2D eigenvalue weighted by Gasteiger charge is -2.39. The third-order valence-corrected chi connectivity index (χ3v) is 5.16. The molecule has 1 saturated carbocycles. The maximum absolute atomic E-state index is 12.2. The Morgan fingerprint density at radius 1 is 1.50 bits per heavy atom. The van der Waals surface area contributed by atoms with E-state index in [-0.39, 0.29) is 0 Å². The maximum atomic E-state index is 12.2. The number of likely N-dealkylation sites (tertiary alicyclic amines) is 1. The van der Waals surface area contributed by atoms with E-state index in [2.05, 4.69) is 27.5 Å². The summed E-state index contributed by atoms with van der Waals surface area (Å²) in [6.07, 6.45) is 4.42. The van der Waals surface area contributed by atoms with Crippen LogP contribution < -0.4 is 5.32 Å². The summed E-state index contributed by atoms with van der Waals surface area (Å²) >= 11 is 1.64. The fraction of sp³-hybridized carbons (Fsp3) is 0.733. The fourth-order valence-corrected chi connectivity index (χ4v) is 3.62. The van der Waals surface area contributed by atoms with Crippen LogP contribution in [0.4, 0.5) is 0 Å². The quantitative estimate of drug-likeness (QED) is 0.906. The SMILES string of the molecule is CCC1CN(C(=O)C2CC2)CCC1NCc1cscn1. The van der Waals surface area contributed by atoms with Crippen LogP contribution in [0.5, 0.6) is 0 Å². The molecular weight excluding hydrogens is 270 g/mol. The largest absolute Gasteiger partial charge is 0.342 e. The van der Waals surface area contributed by atoms with Gasteiger partial charge in [0.2, 0.25) is 5.91 Å². The fourth-order valence-electron chi connectivity index (χ4n) is 3.06. The molecule has 5 heteroatoms. The molecule has 2 atom stereocenters. The topological polar surface area (TPSA) is 45.2 Å². The number of nitrogens with one attached hydrogen (secondary N) is 1. The minimum atomic E-state index is 0.354. The van der Waals surface area contributed by atoms with E-state index in [1.807, 2.05) is 5.51 Å². The van der Waals surface area contributed by atoms with Gasteiger partial charge in [-0.05, 0) is 25.2 Å². The number of carbonyl (C=O) groups is 1. The molecule has 2 unspecified atom stereocenters. The molecule has 1 amide bonds. The summed E-state index contributed by atoms with van der Waals surface area (Å²) < 4.78 is 0. The molecule has 0 spiro atoms. The van der Waals surface area contributed by atoms with Crippen molar-refractivity contribution in [2.45, 2.75) is 45.2 Å². The summed E-state index contributed by atoms with van der Waals surface area (Å²) in [5.41, 5.74) is 3.01. The molecule has 0 radical (unpaired) electrons. The molecule has 1 saturated heterocycles. The minimum Gasteiger partial charge on any atom is -0.342 e. The van der Waals surface area contributed by atoms with Crippen LogP contribution >= 0.6 is 11.3 Å². The molecule has 1 aliphatic carbocycles. The number of carbonyl (C=O) groups excluding carboxylic acids is 1. The van der Waals surface area contributed by atoms with Gasteiger partial charge in [0.05, 0.1) is 11.2 Å². The van der Waals surface area contributed by atoms with Gasteiger partial charge in [-0.2, -0.15) is 0 Å².